The van der Waals surface area contributed by atoms with Crippen LogP contribution in [0.5, 0.6) is 5.75 Å². The van der Waals surface area contributed by atoms with Crippen molar-refractivity contribution in [2.45, 2.75) is 32.5 Å². The number of halogens is 4. The van der Waals surface area contributed by atoms with Crippen molar-refractivity contribution in [1.82, 2.24) is 15.2 Å². The zero-order chi connectivity index (χ0) is 19.8. The van der Waals surface area contributed by atoms with Crippen molar-refractivity contribution in [3.63, 3.8) is 0 Å². The van der Waals surface area contributed by atoms with E-state index in [2.05, 4.69) is 15.2 Å². The molecule has 8 heteroatoms. The average molecular weight is 396 g/mol. The van der Waals surface area contributed by atoms with Crippen LogP contribution in [0.15, 0.2) is 42.7 Å². The standard InChI is InChI=1S/C19H17ClF3N3O/c1-18(2,3)27-13-6-4-11(5-7-13)16-14(19(21,22)23)8-12(9-15(16)20)17-24-10-25-26-17/h4-10H,1-3H3,(H,24,25,26). The summed E-state index contributed by atoms with van der Waals surface area (Å²) in [5.41, 5.74) is -0.783. The van der Waals surface area contributed by atoms with Crippen LogP contribution < -0.4 is 4.74 Å². The SMILES string of the molecule is CC(C)(C)Oc1ccc(-c2c(Cl)cc(-c3ncn[nH]3)cc2C(F)(F)F)cc1. The third-order valence-electron chi connectivity index (χ3n) is 3.65. The first-order valence-corrected chi connectivity index (χ1v) is 8.48. The Hall–Kier alpha value is -2.54. The molecule has 3 rings (SSSR count). The molecule has 0 saturated carbocycles. The number of hydrogen-bond acceptors (Lipinski definition) is 3. The molecule has 0 fully saturated rings. The van der Waals surface area contributed by atoms with Crippen LogP contribution in [-0.4, -0.2) is 20.8 Å². The highest BCUT2D eigenvalue weighted by Gasteiger charge is 2.35. The van der Waals surface area contributed by atoms with Gasteiger partial charge in [0.25, 0.3) is 0 Å². The maximum atomic E-state index is 13.7. The molecule has 4 nitrogen and oxygen atoms in total. The molecule has 0 aliphatic carbocycles. The summed E-state index contributed by atoms with van der Waals surface area (Å²) in [5.74, 6) is 0.775. The predicted molar refractivity (Wildman–Crippen MR) is 97.6 cm³/mol. The van der Waals surface area contributed by atoms with Gasteiger partial charge in [0.2, 0.25) is 0 Å². The van der Waals surface area contributed by atoms with Crippen LogP contribution in [0.4, 0.5) is 13.2 Å². The molecule has 3 aromatic rings. The van der Waals surface area contributed by atoms with Crippen LogP contribution in [0.3, 0.4) is 0 Å². The number of nitrogens with zero attached hydrogens (tertiary/aromatic N) is 2. The maximum absolute atomic E-state index is 13.7. The van der Waals surface area contributed by atoms with Gasteiger partial charge in [-0.3, -0.25) is 5.10 Å². The molecule has 142 valence electrons. The number of aromatic nitrogens is 3. The Morgan fingerprint density at radius 1 is 1.00 bits per heavy atom. The van der Waals surface area contributed by atoms with E-state index in [1.54, 1.807) is 24.3 Å². The van der Waals surface area contributed by atoms with Crippen molar-refractivity contribution in [2.24, 2.45) is 0 Å². The fraction of sp³-hybridized carbons (Fsp3) is 0.263. The Morgan fingerprint density at radius 2 is 1.67 bits per heavy atom. The summed E-state index contributed by atoms with van der Waals surface area (Å²) in [6, 6.07) is 8.83. The van der Waals surface area contributed by atoms with Crippen molar-refractivity contribution >= 4 is 11.6 Å². The zero-order valence-electron chi connectivity index (χ0n) is 14.9. The van der Waals surface area contributed by atoms with E-state index in [0.717, 1.165) is 6.07 Å². The van der Waals surface area contributed by atoms with Crippen LogP contribution in [0, 0.1) is 0 Å². The fourth-order valence-electron chi connectivity index (χ4n) is 2.65. The zero-order valence-corrected chi connectivity index (χ0v) is 15.6. The second-order valence-corrected chi connectivity index (χ2v) is 7.36. The number of rotatable bonds is 3. The minimum absolute atomic E-state index is 0.0271. The predicted octanol–water partition coefficient (Wildman–Crippen LogP) is 5.99. The van der Waals surface area contributed by atoms with Crippen LogP contribution in [0.25, 0.3) is 22.5 Å². The normalized spacial score (nSPS) is 12.3. The molecule has 0 radical (unpaired) electrons. The van der Waals surface area contributed by atoms with Crippen molar-refractivity contribution < 1.29 is 17.9 Å². The summed E-state index contributed by atoms with van der Waals surface area (Å²) in [4.78, 5) is 3.89. The first kappa shape index (κ1) is 19.2. The lowest BCUT2D eigenvalue weighted by Gasteiger charge is -2.21. The third-order valence-corrected chi connectivity index (χ3v) is 3.95. The Morgan fingerprint density at radius 3 is 2.19 bits per heavy atom. The van der Waals surface area contributed by atoms with E-state index in [4.69, 9.17) is 16.3 Å². The van der Waals surface area contributed by atoms with Gasteiger partial charge in [0.15, 0.2) is 5.82 Å². The molecule has 0 spiro atoms. The van der Waals surface area contributed by atoms with E-state index in [1.807, 2.05) is 20.8 Å². The van der Waals surface area contributed by atoms with E-state index in [1.165, 1.54) is 12.4 Å². The van der Waals surface area contributed by atoms with Crippen LogP contribution >= 0.6 is 11.6 Å². The van der Waals surface area contributed by atoms with Gasteiger partial charge in [-0.2, -0.15) is 18.3 Å². The lowest BCUT2D eigenvalue weighted by molar-refractivity contribution is -0.137. The van der Waals surface area contributed by atoms with E-state index < -0.39 is 17.3 Å². The third kappa shape index (κ3) is 4.42. The maximum Gasteiger partial charge on any atom is 0.417 e. The number of H-pyrrole nitrogens is 1. The number of benzene rings is 2. The van der Waals surface area contributed by atoms with Gasteiger partial charge >= 0.3 is 6.18 Å². The molecular weight excluding hydrogens is 379 g/mol. The summed E-state index contributed by atoms with van der Waals surface area (Å²) >= 11 is 6.24. The lowest BCUT2D eigenvalue weighted by Crippen LogP contribution is -2.22. The van der Waals surface area contributed by atoms with E-state index >= 15 is 0 Å². The van der Waals surface area contributed by atoms with Gasteiger partial charge in [0, 0.05) is 16.1 Å². The molecule has 0 aliphatic heterocycles. The monoisotopic (exact) mass is 395 g/mol. The largest absolute Gasteiger partial charge is 0.488 e. The summed E-state index contributed by atoms with van der Waals surface area (Å²) < 4.78 is 46.8. The summed E-state index contributed by atoms with van der Waals surface area (Å²) in [7, 11) is 0. The van der Waals surface area contributed by atoms with Gasteiger partial charge in [-0.1, -0.05) is 23.7 Å². The average Bonchev–Trinajstić information content (AvgIpc) is 3.07. The number of aromatic amines is 1. The lowest BCUT2D eigenvalue weighted by atomic mass is 9.96. The molecule has 0 amide bonds. The molecule has 0 saturated heterocycles. The first-order chi connectivity index (χ1) is 12.5. The molecule has 1 N–H and O–H groups in total. The molecule has 27 heavy (non-hydrogen) atoms. The minimum atomic E-state index is -4.59. The topological polar surface area (TPSA) is 50.8 Å². The molecule has 0 aliphatic rings. The van der Waals surface area contributed by atoms with Crippen molar-refractivity contribution in [3.05, 3.63) is 53.3 Å². The van der Waals surface area contributed by atoms with Gasteiger partial charge in [0.05, 0.1) is 5.56 Å². The number of alkyl halides is 3. The summed E-state index contributed by atoms with van der Waals surface area (Å²) in [5, 5.41) is 6.18. The highest BCUT2D eigenvalue weighted by molar-refractivity contribution is 6.33. The number of hydrogen-bond donors (Lipinski definition) is 1. The quantitative estimate of drug-likeness (QED) is 0.592. The molecule has 0 bridgehead atoms. The van der Waals surface area contributed by atoms with Crippen LogP contribution in [0.2, 0.25) is 5.02 Å². The molecular formula is C19H17ClF3N3O. The Balaban J connectivity index is 2.09. The summed E-state index contributed by atoms with van der Waals surface area (Å²) in [6.45, 7) is 5.67. The van der Waals surface area contributed by atoms with Gasteiger partial charge in [0.1, 0.15) is 17.7 Å². The Labute approximate surface area is 159 Å². The van der Waals surface area contributed by atoms with Gasteiger partial charge < -0.3 is 4.74 Å². The highest BCUT2D eigenvalue weighted by Crippen LogP contribution is 2.43. The van der Waals surface area contributed by atoms with E-state index in [0.29, 0.717) is 11.3 Å². The second-order valence-electron chi connectivity index (χ2n) is 6.95. The van der Waals surface area contributed by atoms with E-state index in [-0.39, 0.29) is 22.0 Å². The van der Waals surface area contributed by atoms with Gasteiger partial charge in [-0.05, 0) is 50.6 Å². The molecule has 0 unspecified atom stereocenters. The minimum Gasteiger partial charge on any atom is -0.488 e. The first-order valence-electron chi connectivity index (χ1n) is 8.10. The number of ether oxygens (including phenoxy) is 1. The highest BCUT2D eigenvalue weighted by atomic mass is 35.5. The molecule has 0 atom stereocenters. The van der Waals surface area contributed by atoms with Crippen molar-refractivity contribution in [2.75, 3.05) is 0 Å². The smallest absolute Gasteiger partial charge is 0.417 e. The van der Waals surface area contributed by atoms with Crippen LogP contribution in [-0.2, 0) is 6.18 Å². The summed E-state index contributed by atoms with van der Waals surface area (Å²) in [6.07, 6.45) is -3.37. The van der Waals surface area contributed by atoms with Crippen LogP contribution in [0.1, 0.15) is 26.3 Å². The molecule has 1 aromatic heterocycles. The Bertz CT molecular complexity index is 931. The van der Waals surface area contributed by atoms with Gasteiger partial charge in [-0.15, -0.1) is 0 Å². The fourth-order valence-corrected chi connectivity index (χ4v) is 2.98. The Kier molecular flexibility index (Phi) is 4.90. The van der Waals surface area contributed by atoms with E-state index in [9.17, 15) is 13.2 Å². The van der Waals surface area contributed by atoms with Crippen molar-refractivity contribution in [1.29, 1.82) is 0 Å². The second kappa shape index (κ2) is 6.88. The van der Waals surface area contributed by atoms with Crippen molar-refractivity contribution in [3.8, 4) is 28.3 Å². The molecule has 1 heterocycles. The van der Waals surface area contributed by atoms with Gasteiger partial charge in [-0.25, -0.2) is 4.98 Å². The molecule has 2 aromatic carbocycles. The number of nitrogens with one attached hydrogen (secondary N) is 1.